The Morgan fingerprint density at radius 3 is 2.34 bits per heavy atom. The average Bonchev–Trinajstić information content (AvgIpc) is 2.91. The molecule has 2 aromatic rings. The molecular weight excluding hydrogens is 459 g/mol. The molecule has 0 saturated carbocycles. The zero-order chi connectivity index (χ0) is 24.2. The maximum atomic E-state index is 14.3. The van der Waals surface area contributed by atoms with Crippen LogP contribution in [0.25, 0.3) is 0 Å². The quantitative estimate of drug-likeness (QED) is 0.636. The van der Waals surface area contributed by atoms with Gasteiger partial charge < -0.3 is 4.90 Å². The molecule has 32 heavy (non-hydrogen) atoms. The lowest BCUT2D eigenvalue weighted by Crippen LogP contribution is -2.47. The Bertz CT molecular complexity index is 1190. The number of alkyl halides is 3. The molecule has 0 bridgehead atoms. The number of carbonyl (C=O) groups excluding carboxylic acids is 1. The van der Waals surface area contributed by atoms with Gasteiger partial charge in [0.1, 0.15) is 23.5 Å². The van der Waals surface area contributed by atoms with Crippen LogP contribution in [-0.4, -0.2) is 50.3 Å². The minimum absolute atomic E-state index is 0.0456. The number of likely N-dealkylation sites (N-methyl/N-ethyl adjacent to an activating group) is 2. The molecule has 3 rings (SSSR count). The third kappa shape index (κ3) is 4.13. The molecule has 0 unspecified atom stereocenters. The Kier molecular flexibility index (Phi) is 5.93. The summed E-state index contributed by atoms with van der Waals surface area (Å²) in [5, 5.41) is 0. The molecule has 0 N–H and O–H groups in total. The van der Waals surface area contributed by atoms with E-state index in [9.17, 15) is 35.2 Å². The van der Waals surface area contributed by atoms with E-state index >= 15 is 0 Å². The summed E-state index contributed by atoms with van der Waals surface area (Å²) in [5.41, 5.74) is -1.51. The summed E-state index contributed by atoms with van der Waals surface area (Å²) >= 11 is 0. The van der Waals surface area contributed by atoms with Crippen molar-refractivity contribution >= 4 is 27.6 Å². The second kappa shape index (κ2) is 7.96. The van der Waals surface area contributed by atoms with Crippen molar-refractivity contribution in [3.05, 3.63) is 52.7 Å². The monoisotopic (exact) mass is 478 g/mol. The van der Waals surface area contributed by atoms with Gasteiger partial charge >= 0.3 is 16.4 Å². The number of aromatic nitrogens is 1. The topological polar surface area (TPSA) is 73.8 Å². The minimum atomic E-state index is -4.77. The van der Waals surface area contributed by atoms with Crippen LogP contribution >= 0.6 is 0 Å². The standard InChI is InChI=1S/C19H19F5N4O3S/c1-10-5-15(14(21)8-13(10)20)27(4)18(29)16-9-26(3)32(30,31)28(16)17-7-12(19(22,23)24)6-11(2)25-17/h5-8,16H,9H2,1-4H3/t16-/m0/s1. The summed E-state index contributed by atoms with van der Waals surface area (Å²) in [6.07, 6.45) is -4.77. The zero-order valence-electron chi connectivity index (χ0n) is 17.4. The van der Waals surface area contributed by atoms with E-state index in [-0.39, 0.29) is 16.9 Å². The van der Waals surface area contributed by atoms with Crippen molar-refractivity contribution in [1.29, 1.82) is 0 Å². The molecule has 7 nitrogen and oxygen atoms in total. The predicted molar refractivity (Wildman–Crippen MR) is 106 cm³/mol. The van der Waals surface area contributed by atoms with Crippen LogP contribution in [0.3, 0.4) is 0 Å². The smallest absolute Gasteiger partial charge is 0.311 e. The van der Waals surface area contributed by atoms with Gasteiger partial charge in [0.25, 0.3) is 5.91 Å². The van der Waals surface area contributed by atoms with Crippen molar-refractivity contribution in [2.45, 2.75) is 26.1 Å². The van der Waals surface area contributed by atoms with Crippen molar-refractivity contribution in [3.63, 3.8) is 0 Å². The Labute approximate surface area is 181 Å². The van der Waals surface area contributed by atoms with Crippen LogP contribution in [0.5, 0.6) is 0 Å². The lowest BCUT2D eigenvalue weighted by atomic mass is 10.1. The zero-order valence-corrected chi connectivity index (χ0v) is 18.2. The van der Waals surface area contributed by atoms with E-state index in [0.717, 1.165) is 35.4 Å². The Morgan fingerprint density at radius 2 is 1.75 bits per heavy atom. The largest absolute Gasteiger partial charge is 0.416 e. The maximum absolute atomic E-state index is 14.3. The van der Waals surface area contributed by atoms with Gasteiger partial charge in [0.2, 0.25) is 0 Å². The van der Waals surface area contributed by atoms with Gasteiger partial charge in [0.15, 0.2) is 0 Å². The number of rotatable bonds is 3. The fourth-order valence-corrected chi connectivity index (χ4v) is 4.79. The summed E-state index contributed by atoms with van der Waals surface area (Å²) in [4.78, 5) is 17.9. The minimum Gasteiger partial charge on any atom is -0.311 e. The Balaban J connectivity index is 2.09. The predicted octanol–water partition coefficient (Wildman–Crippen LogP) is 3.02. The lowest BCUT2D eigenvalue weighted by molar-refractivity contribution is -0.137. The first-order chi connectivity index (χ1) is 14.6. The third-order valence-electron chi connectivity index (χ3n) is 5.05. The van der Waals surface area contributed by atoms with Crippen molar-refractivity contribution in [2.75, 3.05) is 29.8 Å². The van der Waals surface area contributed by atoms with Crippen LogP contribution in [0.1, 0.15) is 16.8 Å². The highest BCUT2D eigenvalue weighted by Crippen LogP contribution is 2.35. The van der Waals surface area contributed by atoms with E-state index < -0.39 is 57.9 Å². The molecule has 1 aliphatic heterocycles. The van der Waals surface area contributed by atoms with Gasteiger partial charge in [-0.2, -0.15) is 25.9 Å². The maximum Gasteiger partial charge on any atom is 0.416 e. The molecule has 1 atom stereocenters. The number of aryl methyl sites for hydroxylation is 2. The normalized spacial score (nSPS) is 18.8. The van der Waals surface area contributed by atoms with E-state index in [1.807, 2.05) is 0 Å². The molecule has 174 valence electrons. The van der Waals surface area contributed by atoms with Crippen LogP contribution in [-0.2, 0) is 21.2 Å². The number of nitrogens with zero attached hydrogens (tertiary/aromatic N) is 4. The second-order valence-electron chi connectivity index (χ2n) is 7.40. The molecule has 0 radical (unpaired) electrons. The summed E-state index contributed by atoms with van der Waals surface area (Å²) in [7, 11) is -2.09. The summed E-state index contributed by atoms with van der Waals surface area (Å²) in [6, 6.07) is 1.41. The first-order valence-electron chi connectivity index (χ1n) is 9.19. The van der Waals surface area contributed by atoms with Gasteiger partial charge in [-0.05, 0) is 37.6 Å². The molecule has 0 spiro atoms. The molecule has 2 heterocycles. The molecular formula is C19H19F5N4O3S. The fraction of sp³-hybridized carbons (Fsp3) is 0.368. The van der Waals surface area contributed by atoms with Crippen LogP contribution < -0.4 is 9.21 Å². The summed E-state index contributed by atoms with van der Waals surface area (Å²) in [5.74, 6) is -3.41. The summed E-state index contributed by atoms with van der Waals surface area (Å²) < 4.78 is 94.7. The molecule has 13 heteroatoms. The molecule has 1 aromatic heterocycles. The number of hydrogen-bond donors (Lipinski definition) is 0. The van der Waals surface area contributed by atoms with Crippen LogP contribution in [0.2, 0.25) is 0 Å². The first-order valence-corrected chi connectivity index (χ1v) is 10.6. The number of carbonyl (C=O) groups is 1. The van der Waals surface area contributed by atoms with Crippen LogP contribution in [0, 0.1) is 25.5 Å². The van der Waals surface area contributed by atoms with Crippen LogP contribution in [0.4, 0.5) is 33.5 Å². The van der Waals surface area contributed by atoms with Crippen LogP contribution in [0.15, 0.2) is 24.3 Å². The molecule has 1 aromatic carbocycles. The fourth-order valence-electron chi connectivity index (χ4n) is 3.35. The van der Waals surface area contributed by atoms with E-state index in [1.54, 1.807) is 0 Å². The molecule has 1 amide bonds. The van der Waals surface area contributed by atoms with Crippen molar-refractivity contribution in [3.8, 4) is 0 Å². The van der Waals surface area contributed by atoms with Gasteiger partial charge in [-0.15, -0.1) is 0 Å². The molecule has 1 aliphatic rings. The summed E-state index contributed by atoms with van der Waals surface area (Å²) in [6.45, 7) is 2.20. The van der Waals surface area contributed by atoms with Gasteiger partial charge in [0.05, 0.1) is 11.3 Å². The highest BCUT2D eigenvalue weighted by Gasteiger charge is 2.48. The highest BCUT2D eigenvalue weighted by molar-refractivity contribution is 7.90. The highest BCUT2D eigenvalue weighted by atomic mass is 32.2. The lowest BCUT2D eigenvalue weighted by Gasteiger charge is -2.27. The van der Waals surface area contributed by atoms with Gasteiger partial charge in [-0.3, -0.25) is 4.79 Å². The van der Waals surface area contributed by atoms with Gasteiger partial charge in [-0.1, -0.05) is 0 Å². The average molecular weight is 478 g/mol. The number of hydrogen-bond acceptors (Lipinski definition) is 4. The molecule has 1 fully saturated rings. The second-order valence-corrected chi connectivity index (χ2v) is 9.32. The van der Waals surface area contributed by atoms with Gasteiger partial charge in [-0.25, -0.2) is 18.1 Å². The Hall–Kier alpha value is -2.80. The number of amides is 1. The third-order valence-corrected chi connectivity index (χ3v) is 6.93. The molecule has 0 aliphatic carbocycles. The number of anilines is 2. The SMILES string of the molecule is Cc1cc(C(F)(F)F)cc(N2[C@H](C(=O)N(C)c3cc(C)c(F)cc3F)CN(C)S2(=O)=O)n1. The van der Waals surface area contributed by atoms with Crippen molar-refractivity contribution in [1.82, 2.24) is 9.29 Å². The number of pyridine rings is 1. The van der Waals surface area contributed by atoms with E-state index in [1.165, 1.54) is 13.8 Å². The van der Waals surface area contributed by atoms with E-state index in [0.29, 0.717) is 16.4 Å². The number of benzene rings is 1. The van der Waals surface area contributed by atoms with E-state index in [4.69, 9.17) is 0 Å². The Morgan fingerprint density at radius 1 is 1.12 bits per heavy atom. The van der Waals surface area contributed by atoms with Crippen molar-refractivity contribution in [2.24, 2.45) is 0 Å². The van der Waals surface area contributed by atoms with Gasteiger partial charge in [0, 0.05) is 32.4 Å². The molecule has 1 saturated heterocycles. The first kappa shape index (κ1) is 23.9. The number of halogens is 5. The van der Waals surface area contributed by atoms with Crippen molar-refractivity contribution < 1.29 is 35.2 Å². The van der Waals surface area contributed by atoms with E-state index in [2.05, 4.69) is 4.98 Å².